The maximum Gasteiger partial charge on any atom is 0.238 e. The smallest absolute Gasteiger partial charge is 0.238 e. The molecule has 5 heterocycles. The van der Waals surface area contributed by atoms with E-state index in [4.69, 9.17) is 15.0 Å². The van der Waals surface area contributed by atoms with Crippen molar-refractivity contribution in [2.45, 2.75) is 0 Å². The lowest BCUT2D eigenvalue weighted by Gasteiger charge is -2.34. The first-order chi connectivity index (χ1) is 41.2. The Balaban J connectivity index is 0.927. The maximum atomic E-state index is 5.62. The molecule has 8 heteroatoms. The Kier molecular flexibility index (Phi) is 10.7. The minimum Gasteiger partial charge on any atom is -0.309 e. The second-order valence-electron chi connectivity index (χ2n) is 21.5. The van der Waals surface area contributed by atoms with E-state index >= 15 is 0 Å². The van der Waals surface area contributed by atoms with Gasteiger partial charge in [-0.1, -0.05) is 218 Å². The van der Waals surface area contributed by atoms with E-state index in [9.17, 15) is 0 Å². The first-order valence-electron chi connectivity index (χ1n) is 28.2. The second-order valence-corrected chi connectivity index (χ2v) is 26.3. The molecular formula is C75H48N6SSi. The van der Waals surface area contributed by atoms with E-state index in [-0.39, 0.29) is 0 Å². The van der Waals surface area contributed by atoms with Crippen molar-refractivity contribution in [1.29, 1.82) is 0 Å². The first-order valence-corrected chi connectivity index (χ1v) is 31.0. The van der Waals surface area contributed by atoms with Crippen LogP contribution in [0, 0.1) is 0 Å². The molecule has 0 spiro atoms. The summed E-state index contributed by atoms with van der Waals surface area (Å²) in [5, 5.41) is 14.7. The monoisotopic (exact) mass is 1090 g/mol. The zero-order valence-electron chi connectivity index (χ0n) is 44.8. The van der Waals surface area contributed by atoms with Crippen molar-refractivity contribution in [3.8, 4) is 40.1 Å². The Morgan fingerprint density at radius 2 is 0.675 bits per heavy atom. The Labute approximate surface area is 482 Å². The zero-order chi connectivity index (χ0) is 54.6. The van der Waals surface area contributed by atoms with E-state index in [0.717, 1.165) is 71.1 Å². The zero-order valence-corrected chi connectivity index (χ0v) is 46.6. The standard InChI is InChI=1S/C75H48N6SSi/c1-4-21-52(22-5-1)83(53-23-6-2-7-24-53,54-25-8-3-9-26-54)55-43-39-49(40-44-55)73-76-74(62-33-20-32-61-60-31-14-19-38-71(60)82-72(61)62)78-75(77-73)81-69-45-41-50(79-65-34-15-10-27-56(65)57-28-11-16-35-66(57)79)47-63(69)64-48-51(42-46-70(64)81)80-67-36-17-12-29-58(67)59-30-13-18-37-68(59)80/h1-48H. The van der Waals surface area contributed by atoms with Gasteiger partial charge in [-0.3, -0.25) is 4.57 Å². The van der Waals surface area contributed by atoms with Crippen LogP contribution in [0.15, 0.2) is 291 Å². The molecule has 0 aliphatic heterocycles. The van der Waals surface area contributed by atoms with Crippen LogP contribution in [0.5, 0.6) is 0 Å². The van der Waals surface area contributed by atoms with Gasteiger partial charge in [0, 0.05) is 75.0 Å². The highest BCUT2D eigenvalue weighted by molar-refractivity contribution is 7.26. The van der Waals surface area contributed by atoms with Gasteiger partial charge in [-0.25, -0.2) is 4.98 Å². The number of para-hydroxylation sites is 4. The van der Waals surface area contributed by atoms with Crippen LogP contribution >= 0.6 is 11.3 Å². The van der Waals surface area contributed by atoms with Crippen LogP contribution in [0.25, 0.3) is 126 Å². The molecule has 0 atom stereocenters. The predicted molar refractivity (Wildman–Crippen MR) is 350 cm³/mol. The third-order valence-corrected chi connectivity index (χ3v) is 23.1. The number of aromatic nitrogens is 6. The Bertz CT molecular complexity index is 5020. The summed E-state index contributed by atoms with van der Waals surface area (Å²) in [4.78, 5) is 16.8. The lowest BCUT2D eigenvalue weighted by atomic mass is 10.1. The van der Waals surface area contributed by atoms with Gasteiger partial charge in [-0.05, 0) is 93.5 Å². The largest absolute Gasteiger partial charge is 0.309 e. The van der Waals surface area contributed by atoms with Gasteiger partial charge in [-0.2, -0.15) is 9.97 Å². The van der Waals surface area contributed by atoms with Gasteiger partial charge in [0.1, 0.15) is 0 Å². The Hall–Kier alpha value is -10.5. The third-order valence-electron chi connectivity index (χ3n) is 17.1. The number of benzene rings is 12. The van der Waals surface area contributed by atoms with Crippen LogP contribution in [-0.4, -0.2) is 36.7 Å². The van der Waals surface area contributed by atoms with Gasteiger partial charge in [0.2, 0.25) is 5.95 Å². The van der Waals surface area contributed by atoms with Gasteiger partial charge < -0.3 is 9.13 Å². The molecule has 0 unspecified atom stereocenters. The molecule has 0 aliphatic carbocycles. The molecule has 0 N–H and O–H groups in total. The van der Waals surface area contributed by atoms with Crippen LogP contribution < -0.4 is 20.7 Å². The Morgan fingerprint density at radius 3 is 1.17 bits per heavy atom. The van der Waals surface area contributed by atoms with E-state index < -0.39 is 8.07 Å². The molecule has 17 rings (SSSR count). The van der Waals surface area contributed by atoms with Crippen molar-refractivity contribution in [2.75, 3.05) is 0 Å². The third kappa shape index (κ3) is 7.23. The second kappa shape index (κ2) is 18.8. The van der Waals surface area contributed by atoms with Crippen LogP contribution in [0.2, 0.25) is 0 Å². The highest BCUT2D eigenvalue weighted by Crippen LogP contribution is 2.42. The molecular weight excluding hydrogens is 1050 g/mol. The minimum absolute atomic E-state index is 0.544. The SMILES string of the molecule is c1ccc([Si](c2ccccc2)(c2ccccc2)c2ccc(-c3nc(-c4cccc5c4sc4ccccc45)nc(-n4c5ccc(-n6c7ccccc7c7ccccc76)cc5c5cc(-n6c7ccccc7c7ccccc76)ccc54)n3)cc2)cc1. The van der Waals surface area contributed by atoms with Crippen molar-refractivity contribution in [3.63, 3.8) is 0 Å². The summed E-state index contributed by atoms with van der Waals surface area (Å²) in [5.74, 6) is 1.76. The molecule has 0 fully saturated rings. The maximum absolute atomic E-state index is 5.62. The Morgan fingerprint density at radius 1 is 0.277 bits per heavy atom. The number of hydrogen-bond donors (Lipinski definition) is 0. The van der Waals surface area contributed by atoms with E-state index in [0.29, 0.717) is 17.6 Å². The van der Waals surface area contributed by atoms with Crippen LogP contribution in [-0.2, 0) is 0 Å². The highest BCUT2D eigenvalue weighted by atomic mass is 32.1. The number of nitrogens with zero attached hydrogens (tertiary/aromatic N) is 6. The fraction of sp³-hybridized carbons (Fsp3) is 0. The van der Waals surface area contributed by atoms with Crippen LogP contribution in [0.4, 0.5) is 0 Å². The lowest BCUT2D eigenvalue weighted by Crippen LogP contribution is -2.74. The summed E-state index contributed by atoms with van der Waals surface area (Å²) in [6.07, 6.45) is 0. The molecule has 12 aromatic carbocycles. The van der Waals surface area contributed by atoms with Gasteiger partial charge >= 0.3 is 0 Å². The van der Waals surface area contributed by atoms with E-state index in [1.165, 1.54) is 57.8 Å². The van der Waals surface area contributed by atoms with Crippen LogP contribution in [0.1, 0.15) is 0 Å². The summed E-state index contributed by atoms with van der Waals surface area (Å²) >= 11 is 1.79. The van der Waals surface area contributed by atoms with Gasteiger partial charge in [0.25, 0.3) is 0 Å². The lowest BCUT2D eigenvalue weighted by molar-refractivity contribution is 0.954. The van der Waals surface area contributed by atoms with Gasteiger partial charge in [0.05, 0.1) is 33.1 Å². The number of hydrogen-bond acceptors (Lipinski definition) is 4. The van der Waals surface area contributed by atoms with E-state index in [1.807, 2.05) is 0 Å². The van der Waals surface area contributed by atoms with Crippen molar-refractivity contribution in [1.82, 2.24) is 28.7 Å². The fourth-order valence-electron chi connectivity index (χ4n) is 13.5. The average molecular weight is 1090 g/mol. The summed E-state index contributed by atoms with van der Waals surface area (Å²) < 4.78 is 9.45. The average Bonchev–Trinajstić information content (AvgIpc) is 2.58. The van der Waals surface area contributed by atoms with E-state index in [2.05, 4.69) is 305 Å². The summed E-state index contributed by atoms with van der Waals surface area (Å²) in [7, 11) is -2.82. The number of rotatable bonds is 9. The molecule has 17 aromatic rings. The normalized spacial score (nSPS) is 12.1. The van der Waals surface area contributed by atoms with Crippen molar-refractivity contribution >= 4 is 126 Å². The topological polar surface area (TPSA) is 53.5 Å². The summed E-state index contributed by atoms with van der Waals surface area (Å²) in [6, 6.07) is 106. The molecule has 0 amide bonds. The predicted octanol–water partition coefficient (Wildman–Crippen LogP) is 16.2. The molecule has 0 radical (unpaired) electrons. The molecule has 6 nitrogen and oxygen atoms in total. The molecule has 0 bridgehead atoms. The summed E-state index contributed by atoms with van der Waals surface area (Å²) in [6.45, 7) is 0. The highest BCUT2D eigenvalue weighted by Gasteiger charge is 2.41. The molecule has 0 saturated carbocycles. The number of thiophene rings is 1. The van der Waals surface area contributed by atoms with Gasteiger partial charge in [-0.15, -0.1) is 11.3 Å². The van der Waals surface area contributed by atoms with Crippen molar-refractivity contribution in [2.24, 2.45) is 0 Å². The minimum atomic E-state index is -2.82. The van der Waals surface area contributed by atoms with Crippen molar-refractivity contribution < 1.29 is 0 Å². The molecule has 0 aliphatic rings. The molecule has 388 valence electrons. The van der Waals surface area contributed by atoms with E-state index in [1.54, 1.807) is 11.3 Å². The number of fused-ring (bicyclic) bond motifs is 12. The first kappa shape index (κ1) is 47.3. The summed E-state index contributed by atoms with van der Waals surface area (Å²) in [5.41, 5.74) is 10.6. The van der Waals surface area contributed by atoms with Crippen LogP contribution in [0.3, 0.4) is 0 Å². The molecule has 5 aromatic heterocycles. The van der Waals surface area contributed by atoms with Gasteiger partial charge in [0.15, 0.2) is 19.7 Å². The fourth-order valence-corrected chi connectivity index (χ4v) is 19.4. The quantitative estimate of drug-likeness (QED) is 0.107. The van der Waals surface area contributed by atoms with Crippen molar-refractivity contribution in [3.05, 3.63) is 291 Å². The molecule has 0 saturated heterocycles. The molecule has 83 heavy (non-hydrogen) atoms.